The van der Waals surface area contributed by atoms with Crippen molar-refractivity contribution in [3.63, 3.8) is 0 Å². The molecule has 0 aliphatic heterocycles. The first-order valence-corrected chi connectivity index (χ1v) is 5.73. The van der Waals surface area contributed by atoms with Crippen LogP contribution in [0.4, 0.5) is 0 Å². The van der Waals surface area contributed by atoms with Gasteiger partial charge in [0, 0.05) is 31.0 Å². The predicted octanol–water partition coefficient (Wildman–Crippen LogP) is 1.33. The molecule has 0 atom stereocenters. The van der Waals surface area contributed by atoms with Crippen molar-refractivity contribution >= 4 is 5.65 Å². The van der Waals surface area contributed by atoms with Gasteiger partial charge in [-0.25, -0.2) is 9.50 Å². The van der Waals surface area contributed by atoms with Gasteiger partial charge in [-0.15, -0.1) is 0 Å². The number of hydrogen-bond donors (Lipinski definition) is 1. The van der Waals surface area contributed by atoms with Gasteiger partial charge in [-0.2, -0.15) is 5.10 Å². The molecular formula is C13H12N4O. The third-order valence-electron chi connectivity index (χ3n) is 2.70. The van der Waals surface area contributed by atoms with Crippen LogP contribution in [-0.2, 0) is 6.42 Å². The molecule has 3 aromatic heterocycles. The van der Waals surface area contributed by atoms with Crippen LogP contribution in [-0.4, -0.2) is 31.3 Å². The van der Waals surface area contributed by atoms with Gasteiger partial charge in [0.15, 0.2) is 5.65 Å². The standard InChI is InChI=1S/C13H12N4O/c18-7-5-11-9-17-13(15-11)4-3-12(16-17)10-2-1-6-14-8-10/h1-4,6,8-9,18H,5,7H2. The van der Waals surface area contributed by atoms with Crippen molar-refractivity contribution in [2.75, 3.05) is 6.61 Å². The molecule has 0 bridgehead atoms. The van der Waals surface area contributed by atoms with E-state index in [0.29, 0.717) is 6.42 Å². The zero-order valence-corrected chi connectivity index (χ0v) is 9.69. The first-order chi connectivity index (χ1) is 8.86. The van der Waals surface area contributed by atoms with E-state index in [-0.39, 0.29) is 6.61 Å². The van der Waals surface area contributed by atoms with E-state index in [1.54, 1.807) is 16.9 Å². The molecule has 18 heavy (non-hydrogen) atoms. The molecule has 5 heteroatoms. The van der Waals surface area contributed by atoms with Crippen molar-refractivity contribution in [1.82, 2.24) is 19.6 Å². The molecule has 0 amide bonds. The molecule has 3 aromatic rings. The van der Waals surface area contributed by atoms with E-state index in [1.165, 1.54) is 0 Å². The van der Waals surface area contributed by atoms with E-state index in [4.69, 9.17) is 5.11 Å². The largest absolute Gasteiger partial charge is 0.396 e. The van der Waals surface area contributed by atoms with Crippen molar-refractivity contribution in [1.29, 1.82) is 0 Å². The van der Waals surface area contributed by atoms with E-state index in [9.17, 15) is 0 Å². The lowest BCUT2D eigenvalue weighted by atomic mass is 10.2. The van der Waals surface area contributed by atoms with Gasteiger partial charge in [-0.1, -0.05) is 0 Å². The number of aliphatic hydroxyl groups is 1. The van der Waals surface area contributed by atoms with Gasteiger partial charge in [0.25, 0.3) is 0 Å². The summed E-state index contributed by atoms with van der Waals surface area (Å²) in [6.07, 6.45) is 5.90. The molecular weight excluding hydrogens is 228 g/mol. The second-order valence-electron chi connectivity index (χ2n) is 3.97. The molecule has 0 aliphatic rings. The van der Waals surface area contributed by atoms with Crippen molar-refractivity contribution in [3.05, 3.63) is 48.5 Å². The minimum Gasteiger partial charge on any atom is -0.396 e. The van der Waals surface area contributed by atoms with Crippen LogP contribution < -0.4 is 0 Å². The number of aromatic nitrogens is 4. The molecule has 0 fully saturated rings. The molecule has 3 heterocycles. The van der Waals surface area contributed by atoms with Crippen LogP contribution in [0.1, 0.15) is 5.69 Å². The van der Waals surface area contributed by atoms with Crippen LogP contribution in [0.25, 0.3) is 16.9 Å². The molecule has 0 saturated carbocycles. The minimum atomic E-state index is 0.0966. The Morgan fingerprint density at radius 2 is 2.17 bits per heavy atom. The highest BCUT2D eigenvalue weighted by Crippen LogP contribution is 2.15. The van der Waals surface area contributed by atoms with Gasteiger partial charge in [-0.05, 0) is 24.3 Å². The fraction of sp³-hybridized carbons (Fsp3) is 0.154. The van der Waals surface area contributed by atoms with Gasteiger partial charge in [0.2, 0.25) is 0 Å². The molecule has 0 unspecified atom stereocenters. The molecule has 0 aromatic carbocycles. The van der Waals surface area contributed by atoms with Crippen molar-refractivity contribution in [2.45, 2.75) is 6.42 Å². The summed E-state index contributed by atoms with van der Waals surface area (Å²) in [5.41, 5.74) is 3.44. The average molecular weight is 240 g/mol. The lowest BCUT2D eigenvalue weighted by molar-refractivity contribution is 0.298. The zero-order valence-electron chi connectivity index (χ0n) is 9.69. The summed E-state index contributed by atoms with van der Waals surface area (Å²) in [6, 6.07) is 7.68. The maximum Gasteiger partial charge on any atom is 0.153 e. The quantitative estimate of drug-likeness (QED) is 0.750. The van der Waals surface area contributed by atoms with Gasteiger partial charge in [-0.3, -0.25) is 4.98 Å². The van der Waals surface area contributed by atoms with Gasteiger partial charge < -0.3 is 5.11 Å². The lowest BCUT2D eigenvalue weighted by Crippen LogP contribution is -1.93. The number of fused-ring (bicyclic) bond motifs is 1. The number of imidazole rings is 1. The summed E-state index contributed by atoms with van der Waals surface area (Å²) < 4.78 is 1.73. The fourth-order valence-electron chi connectivity index (χ4n) is 1.83. The third-order valence-corrected chi connectivity index (χ3v) is 2.70. The average Bonchev–Trinajstić information content (AvgIpc) is 2.81. The normalized spacial score (nSPS) is 10.9. The SMILES string of the molecule is OCCc1cn2nc(-c3cccnc3)ccc2n1. The Labute approximate surface area is 104 Å². The summed E-state index contributed by atoms with van der Waals surface area (Å²) in [7, 11) is 0. The Balaban J connectivity index is 2.05. The summed E-state index contributed by atoms with van der Waals surface area (Å²) in [5.74, 6) is 0. The number of aliphatic hydroxyl groups excluding tert-OH is 1. The minimum absolute atomic E-state index is 0.0966. The number of hydrogen-bond acceptors (Lipinski definition) is 4. The highest BCUT2D eigenvalue weighted by Gasteiger charge is 2.04. The van der Waals surface area contributed by atoms with E-state index in [1.807, 2.05) is 30.5 Å². The Morgan fingerprint density at radius 1 is 1.22 bits per heavy atom. The van der Waals surface area contributed by atoms with Crippen LogP contribution in [0.3, 0.4) is 0 Å². The van der Waals surface area contributed by atoms with Crippen molar-refractivity contribution < 1.29 is 5.11 Å². The molecule has 1 N–H and O–H groups in total. The Hall–Kier alpha value is -2.27. The summed E-state index contributed by atoms with van der Waals surface area (Å²) in [6.45, 7) is 0.0966. The highest BCUT2D eigenvalue weighted by atomic mass is 16.3. The van der Waals surface area contributed by atoms with Crippen LogP contribution in [0.2, 0.25) is 0 Å². The Kier molecular flexibility index (Phi) is 2.74. The molecule has 0 radical (unpaired) electrons. The van der Waals surface area contributed by atoms with Gasteiger partial charge in [0.05, 0.1) is 17.6 Å². The van der Waals surface area contributed by atoms with Gasteiger partial charge in [0.1, 0.15) is 0 Å². The molecule has 0 saturated heterocycles. The van der Waals surface area contributed by atoms with Crippen LogP contribution >= 0.6 is 0 Å². The molecule has 3 rings (SSSR count). The van der Waals surface area contributed by atoms with Crippen LogP contribution in [0.15, 0.2) is 42.9 Å². The summed E-state index contributed by atoms with van der Waals surface area (Å²) >= 11 is 0. The van der Waals surface area contributed by atoms with E-state index >= 15 is 0 Å². The number of rotatable bonds is 3. The van der Waals surface area contributed by atoms with Crippen molar-refractivity contribution in [2.24, 2.45) is 0 Å². The maximum atomic E-state index is 8.90. The van der Waals surface area contributed by atoms with Crippen LogP contribution in [0.5, 0.6) is 0 Å². The summed E-state index contributed by atoms with van der Waals surface area (Å²) in [4.78, 5) is 8.44. The first-order valence-electron chi connectivity index (χ1n) is 5.73. The Bertz CT molecular complexity index is 663. The fourth-order valence-corrected chi connectivity index (χ4v) is 1.83. The highest BCUT2D eigenvalue weighted by molar-refractivity contribution is 5.58. The smallest absolute Gasteiger partial charge is 0.153 e. The lowest BCUT2D eigenvalue weighted by Gasteiger charge is -1.99. The maximum absolute atomic E-state index is 8.90. The van der Waals surface area contributed by atoms with Crippen molar-refractivity contribution in [3.8, 4) is 11.3 Å². The first kappa shape index (κ1) is 10.9. The number of nitrogens with zero attached hydrogens (tertiary/aromatic N) is 4. The molecule has 0 aliphatic carbocycles. The molecule has 0 spiro atoms. The molecule has 5 nitrogen and oxygen atoms in total. The molecule has 90 valence electrons. The topological polar surface area (TPSA) is 63.3 Å². The monoisotopic (exact) mass is 240 g/mol. The number of pyridine rings is 1. The van der Waals surface area contributed by atoms with E-state index < -0.39 is 0 Å². The van der Waals surface area contributed by atoms with Gasteiger partial charge >= 0.3 is 0 Å². The third kappa shape index (κ3) is 1.96. The van der Waals surface area contributed by atoms with Crippen LogP contribution in [0, 0.1) is 0 Å². The second-order valence-corrected chi connectivity index (χ2v) is 3.97. The summed E-state index contributed by atoms with van der Waals surface area (Å²) in [5, 5.41) is 13.4. The zero-order chi connectivity index (χ0) is 12.4. The predicted molar refractivity (Wildman–Crippen MR) is 67.0 cm³/mol. The van der Waals surface area contributed by atoms with E-state index in [0.717, 1.165) is 22.6 Å². The second kappa shape index (κ2) is 4.54. The Morgan fingerprint density at radius 3 is 2.94 bits per heavy atom. The van der Waals surface area contributed by atoms with E-state index in [2.05, 4.69) is 15.1 Å².